The highest BCUT2D eigenvalue weighted by atomic mass is 19.3. The summed E-state index contributed by atoms with van der Waals surface area (Å²) >= 11 is 0. The predicted octanol–water partition coefficient (Wildman–Crippen LogP) is 1.60. The summed E-state index contributed by atoms with van der Waals surface area (Å²) < 4.78 is 48.8. The average molecular weight is 361 g/mol. The monoisotopic (exact) mass is 361 g/mol. The number of amides is 1. The summed E-state index contributed by atoms with van der Waals surface area (Å²) in [4.78, 5) is 23.2. The number of alkyl halides is 2. The number of primary amides is 1. The van der Waals surface area contributed by atoms with Gasteiger partial charge in [0.05, 0.1) is 0 Å². The standard InChI is InChI=1S/C14H16F3N3O2.CH2O2/c1-12(2)14(16,17)13(3,22-11(19)20-12)8-6-7(10(18)21)4-5-9(8)15;2-1-3/h4-6H,1-3H3,(H2,18,21)(H2,19,20);1H,(H,2,3)/t13-;/m1./s1. The van der Waals surface area contributed by atoms with E-state index in [1.54, 1.807) is 0 Å². The van der Waals surface area contributed by atoms with Gasteiger partial charge in [-0.3, -0.25) is 9.59 Å². The number of rotatable bonds is 2. The second-order valence-electron chi connectivity index (χ2n) is 5.88. The van der Waals surface area contributed by atoms with E-state index in [1.165, 1.54) is 0 Å². The molecule has 1 amide bonds. The van der Waals surface area contributed by atoms with Crippen LogP contribution in [0.15, 0.2) is 23.2 Å². The first-order valence-corrected chi connectivity index (χ1v) is 6.94. The Labute approximate surface area is 141 Å². The van der Waals surface area contributed by atoms with Crippen molar-refractivity contribution >= 4 is 18.4 Å². The first-order chi connectivity index (χ1) is 11.3. The summed E-state index contributed by atoms with van der Waals surface area (Å²) in [6.07, 6.45) is 0. The summed E-state index contributed by atoms with van der Waals surface area (Å²) in [5.74, 6) is -5.43. The van der Waals surface area contributed by atoms with Crippen LogP contribution in [0.4, 0.5) is 13.2 Å². The summed E-state index contributed by atoms with van der Waals surface area (Å²) in [6, 6.07) is 2.45. The number of carbonyl (C=O) groups excluding carboxylic acids is 1. The Kier molecular flexibility index (Phi) is 5.36. The molecule has 1 aliphatic heterocycles. The van der Waals surface area contributed by atoms with Gasteiger partial charge in [-0.25, -0.2) is 9.38 Å². The molecule has 7 nitrogen and oxygen atoms in total. The van der Waals surface area contributed by atoms with Crippen molar-refractivity contribution in [2.45, 2.75) is 37.8 Å². The van der Waals surface area contributed by atoms with Crippen molar-refractivity contribution in [3.63, 3.8) is 0 Å². The zero-order valence-electron chi connectivity index (χ0n) is 13.7. The molecule has 25 heavy (non-hydrogen) atoms. The maximum absolute atomic E-state index is 14.8. The Bertz CT molecular complexity index is 722. The molecule has 0 unspecified atom stereocenters. The largest absolute Gasteiger partial charge is 0.483 e. The van der Waals surface area contributed by atoms with Crippen molar-refractivity contribution in [3.8, 4) is 0 Å². The normalized spacial score (nSPS) is 23.4. The molecule has 1 aromatic rings. The van der Waals surface area contributed by atoms with Crippen LogP contribution in [0, 0.1) is 5.82 Å². The minimum absolute atomic E-state index is 0.115. The molecule has 0 aromatic heterocycles. The molecule has 0 fully saturated rings. The molecule has 0 aliphatic carbocycles. The van der Waals surface area contributed by atoms with Crippen LogP contribution in [0.25, 0.3) is 0 Å². The fraction of sp³-hybridized carbons (Fsp3) is 0.400. The molecule has 2 rings (SSSR count). The average Bonchev–Trinajstić information content (AvgIpc) is 2.45. The van der Waals surface area contributed by atoms with Gasteiger partial charge in [0.1, 0.15) is 11.4 Å². The lowest BCUT2D eigenvalue weighted by atomic mass is 9.77. The lowest BCUT2D eigenvalue weighted by molar-refractivity contribution is -0.215. The van der Waals surface area contributed by atoms with E-state index in [9.17, 15) is 18.0 Å². The number of nitrogens with zero attached hydrogens (tertiary/aromatic N) is 1. The van der Waals surface area contributed by atoms with Crippen LogP contribution in [0.3, 0.4) is 0 Å². The van der Waals surface area contributed by atoms with Crippen molar-refractivity contribution in [2.75, 3.05) is 0 Å². The van der Waals surface area contributed by atoms with Crippen molar-refractivity contribution in [1.82, 2.24) is 0 Å². The Balaban J connectivity index is 0.000000970. The summed E-state index contributed by atoms with van der Waals surface area (Å²) in [6.45, 7) is 3.08. The molecule has 138 valence electrons. The smallest absolute Gasteiger partial charge is 0.315 e. The molecule has 1 atom stereocenters. The lowest BCUT2D eigenvalue weighted by Gasteiger charge is -2.47. The van der Waals surface area contributed by atoms with Crippen molar-refractivity contribution in [3.05, 3.63) is 35.1 Å². The van der Waals surface area contributed by atoms with Crippen LogP contribution >= 0.6 is 0 Å². The van der Waals surface area contributed by atoms with Gasteiger partial charge in [-0.2, -0.15) is 8.78 Å². The van der Waals surface area contributed by atoms with E-state index in [0.29, 0.717) is 0 Å². The molecule has 5 N–H and O–H groups in total. The zero-order chi connectivity index (χ0) is 19.6. The molecule has 1 heterocycles. The number of benzene rings is 1. The Morgan fingerprint density at radius 3 is 2.32 bits per heavy atom. The number of amidine groups is 1. The Hall–Kier alpha value is -2.78. The van der Waals surface area contributed by atoms with E-state index >= 15 is 0 Å². The number of hydrogen-bond donors (Lipinski definition) is 3. The fourth-order valence-electron chi connectivity index (χ4n) is 2.49. The zero-order valence-corrected chi connectivity index (χ0v) is 13.7. The molecule has 0 radical (unpaired) electrons. The number of nitrogens with two attached hydrogens (primary N) is 2. The van der Waals surface area contributed by atoms with E-state index in [-0.39, 0.29) is 12.0 Å². The van der Waals surface area contributed by atoms with E-state index in [1.807, 2.05) is 0 Å². The van der Waals surface area contributed by atoms with Crippen LogP contribution in [0.1, 0.15) is 36.7 Å². The number of carboxylic acid groups (broad SMARTS) is 1. The first-order valence-electron chi connectivity index (χ1n) is 6.94. The summed E-state index contributed by atoms with van der Waals surface area (Å²) in [5, 5.41) is 6.89. The second kappa shape index (κ2) is 6.61. The van der Waals surface area contributed by atoms with E-state index in [4.69, 9.17) is 26.1 Å². The van der Waals surface area contributed by atoms with Crippen LogP contribution in [0.2, 0.25) is 0 Å². The molecule has 0 saturated heterocycles. The van der Waals surface area contributed by atoms with Gasteiger partial charge in [0, 0.05) is 11.1 Å². The van der Waals surface area contributed by atoms with Gasteiger partial charge in [-0.15, -0.1) is 0 Å². The topological polar surface area (TPSA) is 128 Å². The van der Waals surface area contributed by atoms with E-state index < -0.39 is 40.4 Å². The third-order valence-corrected chi connectivity index (χ3v) is 3.83. The second-order valence-corrected chi connectivity index (χ2v) is 5.88. The maximum Gasteiger partial charge on any atom is 0.315 e. The van der Waals surface area contributed by atoms with E-state index in [2.05, 4.69) is 4.99 Å². The molecule has 0 spiro atoms. The van der Waals surface area contributed by atoms with Gasteiger partial charge in [0.2, 0.25) is 11.5 Å². The lowest BCUT2D eigenvalue weighted by Crippen LogP contribution is -2.62. The third kappa shape index (κ3) is 3.37. The van der Waals surface area contributed by atoms with Crippen LogP contribution < -0.4 is 11.5 Å². The van der Waals surface area contributed by atoms with Gasteiger partial charge in [0.25, 0.3) is 12.5 Å². The van der Waals surface area contributed by atoms with Gasteiger partial charge in [0.15, 0.2) is 0 Å². The molecule has 0 saturated carbocycles. The van der Waals surface area contributed by atoms with Crippen LogP contribution in [-0.2, 0) is 15.1 Å². The van der Waals surface area contributed by atoms with Gasteiger partial charge in [-0.05, 0) is 39.0 Å². The first kappa shape index (κ1) is 20.3. The van der Waals surface area contributed by atoms with Crippen molar-refractivity contribution in [2.24, 2.45) is 16.5 Å². The number of aliphatic imine (C=N–C) groups is 1. The van der Waals surface area contributed by atoms with Gasteiger partial charge < -0.3 is 21.3 Å². The molecule has 1 aromatic carbocycles. The highest BCUT2D eigenvalue weighted by Gasteiger charge is 2.66. The molecule has 10 heteroatoms. The SMILES string of the molecule is CC1(C)N=C(N)O[C@](C)(c2cc(C(N)=O)ccc2F)C1(F)F.O=CO. The van der Waals surface area contributed by atoms with Crippen molar-refractivity contribution in [1.29, 1.82) is 0 Å². The van der Waals surface area contributed by atoms with Crippen molar-refractivity contribution < 1.29 is 32.6 Å². The third-order valence-electron chi connectivity index (χ3n) is 3.83. The fourth-order valence-corrected chi connectivity index (χ4v) is 2.49. The quantitative estimate of drug-likeness (QED) is 0.689. The number of halogens is 3. The minimum Gasteiger partial charge on any atom is -0.483 e. The Morgan fingerprint density at radius 1 is 1.32 bits per heavy atom. The highest BCUT2D eigenvalue weighted by Crippen LogP contribution is 2.51. The summed E-state index contributed by atoms with van der Waals surface area (Å²) in [5.41, 5.74) is 5.61. The number of ether oxygens (including phenoxy) is 1. The molecular weight excluding hydrogens is 343 g/mol. The van der Waals surface area contributed by atoms with Gasteiger partial charge >= 0.3 is 5.92 Å². The molecule has 1 aliphatic rings. The molecule has 0 bridgehead atoms. The van der Waals surface area contributed by atoms with E-state index in [0.717, 1.165) is 39.0 Å². The number of carbonyl (C=O) groups is 2. The highest BCUT2D eigenvalue weighted by molar-refractivity contribution is 5.93. The van der Waals surface area contributed by atoms with Crippen LogP contribution in [0.5, 0.6) is 0 Å². The predicted molar refractivity (Wildman–Crippen MR) is 82.7 cm³/mol. The maximum atomic E-state index is 14.8. The van der Waals surface area contributed by atoms with Gasteiger partial charge in [-0.1, -0.05) is 0 Å². The van der Waals surface area contributed by atoms with Crippen LogP contribution in [-0.4, -0.2) is 35.0 Å². The summed E-state index contributed by atoms with van der Waals surface area (Å²) in [7, 11) is 0. The molecular formula is C15H18F3N3O4. The minimum atomic E-state index is -3.60. The Morgan fingerprint density at radius 2 is 1.84 bits per heavy atom. The number of hydrogen-bond acceptors (Lipinski definition) is 5.